The van der Waals surface area contributed by atoms with E-state index in [-0.39, 0.29) is 12.1 Å². The molecule has 2 aromatic heterocycles. The van der Waals surface area contributed by atoms with E-state index in [2.05, 4.69) is 57.9 Å². The van der Waals surface area contributed by atoms with Crippen molar-refractivity contribution in [1.29, 1.82) is 0 Å². The first-order valence-corrected chi connectivity index (χ1v) is 10.4. The number of hydrogen-bond donors (Lipinski definition) is 0. The van der Waals surface area contributed by atoms with Crippen LogP contribution in [-0.2, 0) is 0 Å². The lowest BCUT2D eigenvalue weighted by Crippen LogP contribution is -2.30. The van der Waals surface area contributed by atoms with Crippen molar-refractivity contribution in [3.05, 3.63) is 78.4 Å². The minimum atomic E-state index is -0.00421. The lowest BCUT2D eigenvalue weighted by molar-refractivity contribution is 0.312. The number of pyridine rings is 1. The third kappa shape index (κ3) is 2.88. The Morgan fingerprint density at radius 1 is 1.11 bits per heavy atom. The van der Waals surface area contributed by atoms with Crippen LogP contribution in [0.4, 0.5) is 0 Å². The summed E-state index contributed by atoms with van der Waals surface area (Å²) in [6.07, 6.45) is 3.97. The lowest BCUT2D eigenvalue weighted by Gasteiger charge is -2.28. The highest BCUT2D eigenvalue weighted by Crippen LogP contribution is 2.47. The molecule has 3 aromatic rings. The van der Waals surface area contributed by atoms with Gasteiger partial charge in [0.2, 0.25) is 0 Å². The maximum Gasteiger partial charge on any atom is 0.160 e. The van der Waals surface area contributed by atoms with Crippen molar-refractivity contribution in [3.63, 3.8) is 0 Å². The molecule has 3 atom stereocenters. The van der Waals surface area contributed by atoms with Gasteiger partial charge >= 0.3 is 0 Å². The normalized spacial score (nSPS) is 23.6. The number of hydrogen-bond acceptors (Lipinski definition) is 5. The van der Waals surface area contributed by atoms with Crippen molar-refractivity contribution in [1.82, 2.24) is 14.5 Å². The maximum atomic E-state index is 5.43. The summed E-state index contributed by atoms with van der Waals surface area (Å²) in [6, 6.07) is 18.7. The number of rotatable bonds is 4. The van der Waals surface area contributed by atoms with Crippen LogP contribution in [0.5, 0.6) is 5.75 Å². The molecule has 1 saturated heterocycles. The molecule has 1 fully saturated rings. The zero-order chi connectivity index (χ0) is 19.1. The van der Waals surface area contributed by atoms with E-state index in [9.17, 15) is 0 Å². The summed E-state index contributed by atoms with van der Waals surface area (Å²) in [5.74, 6) is 0.854. The number of aromatic nitrogens is 2. The molecule has 0 radical (unpaired) electrons. The summed E-state index contributed by atoms with van der Waals surface area (Å²) in [7, 11) is 1.70. The fourth-order valence-corrected chi connectivity index (χ4v) is 5.16. The van der Waals surface area contributed by atoms with Gasteiger partial charge in [0, 0.05) is 41.6 Å². The van der Waals surface area contributed by atoms with E-state index in [0.717, 1.165) is 28.8 Å². The number of fused-ring (bicyclic) bond motifs is 1. The molecule has 0 unspecified atom stereocenters. The fraction of sp³-hybridized carbons (Fsp3) is 0.273. The second kappa shape index (κ2) is 7.02. The molecule has 0 spiro atoms. The van der Waals surface area contributed by atoms with Crippen LogP contribution in [0.3, 0.4) is 0 Å². The van der Waals surface area contributed by atoms with Crippen LogP contribution < -0.4 is 4.74 Å². The summed E-state index contributed by atoms with van der Waals surface area (Å²) < 4.78 is 7.68. The third-order valence-electron chi connectivity index (χ3n) is 5.30. The molecule has 2 aliphatic rings. The smallest absolute Gasteiger partial charge is 0.160 e. The van der Waals surface area contributed by atoms with Crippen LogP contribution in [0, 0.1) is 0 Å². The molecule has 0 aliphatic carbocycles. The van der Waals surface area contributed by atoms with Crippen molar-refractivity contribution in [2.75, 3.05) is 13.7 Å². The lowest BCUT2D eigenvalue weighted by atomic mass is 10.0. The summed E-state index contributed by atoms with van der Waals surface area (Å²) in [4.78, 5) is 12.2. The average molecular weight is 391 g/mol. The maximum absolute atomic E-state index is 5.43. The summed E-state index contributed by atoms with van der Waals surface area (Å²) >= 11 is 1.86. The quantitative estimate of drug-likeness (QED) is 0.659. The van der Waals surface area contributed by atoms with E-state index in [1.165, 1.54) is 5.69 Å². The summed E-state index contributed by atoms with van der Waals surface area (Å²) in [6.45, 7) is 3.26. The molecule has 4 heterocycles. The van der Waals surface area contributed by atoms with Crippen molar-refractivity contribution >= 4 is 16.9 Å². The van der Waals surface area contributed by atoms with Crippen LogP contribution in [-0.4, -0.2) is 38.5 Å². The SMILES string of the molecule is COc1cccc(-n2cccc2[C@H]2[C@@H](c3ccccn3)N=C3S[C@@H](C)CN32)c1. The molecule has 0 amide bonds. The third-order valence-corrected chi connectivity index (χ3v) is 6.40. The average Bonchev–Trinajstić information content (AvgIpc) is 3.42. The molecule has 1 aromatic carbocycles. The van der Waals surface area contributed by atoms with Gasteiger partial charge in [-0.2, -0.15) is 0 Å². The van der Waals surface area contributed by atoms with Crippen LogP contribution in [0.25, 0.3) is 5.69 Å². The zero-order valence-corrected chi connectivity index (χ0v) is 16.7. The number of methoxy groups -OCH3 is 1. The van der Waals surface area contributed by atoms with Gasteiger partial charge in [-0.1, -0.05) is 30.8 Å². The highest BCUT2D eigenvalue weighted by Gasteiger charge is 2.44. The van der Waals surface area contributed by atoms with E-state index in [0.29, 0.717) is 5.25 Å². The van der Waals surface area contributed by atoms with Gasteiger partial charge in [0.25, 0.3) is 0 Å². The number of ether oxygens (including phenoxy) is 1. The largest absolute Gasteiger partial charge is 0.497 e. The van der Waals surface area contributed by atoms with Crippen molar-refractivity contribution in [2.45, 2.75) is 24.3 Å². The summed E-state index contributed by atoms with van der Waals surface area (Å²) in [5.41, 5.74) is 3.32. The standard InChI is InChI=1S/C22H22N4OS/c1-15-14-26-21(20(24-22(26)28-15)18-9-3-4-11-23-18)19-10-6-12-25(19)16-7-5-8-17(13-16)27-2/h3-13,15,20-21H,14H2,1-2H3/t15-,20+,21-/m0/s1. The van der Waals surface area contributed by atoms with Crippen LogP contribution in [0.15, 0.2) is 72.0 Å². The topological polar surface area (TPSA) is 42.6 Å². The minimum absolute atomic E-state index is 0.00421. The Hall–Kier alpha value is -2.73. The van der Waals surface area contributed by atoms with Gasteiger partial charge < -0.3 is 14.2 Å². The molecule has 28 heavy (non-hydrogen) atoms. The van der Waals surface area contributed by atoms with Gasteiger partial charge in [-0.05, 0) is 36.4 Å². The second-order valence-corrected chi connectivity index (χ2v) is 8.55. The molecule has 0 bridgehead atoms. The molecule has 0 N–H and O–H groups in total. The Labute approximate surface area is 169 Å². The second-order valence-electron chi connectivity index (χ2n) is 7.14. The Bertz CT molecular complexity index is 1020. The van der Waals surface area contributed by atoms with E-state index >= 15 is 0 Å². The van der Waals surface area contributed by atoms with Crippen molar-refractivity contribution < 1.29 is 4.74 Å². The molecule has 6 heteroatoms. The van der Waals surface area contributed by atoms with Gasteiger partial charge in [-0.15, -0.1) is 0 Å². The van der Waals surface area contributed by atoms with Gasteiger partial charge in [0.05, 0.1) is 18.8 Å². The number of amidine groups is 1. The Morgan fingerprint density at radius 3 is 2.86 bits per heavy atom. The predicted molar refractivity (Wildman–Crippen MR) is 113 cm³/mol. The highest BCUT2D eigenvalue weighted by molar-refractivity contribution is 8.14. The van der Waals surface area contributed by atoms with Gasteiger partial charge in [-0.25, -0.2) is 0 Å². The van der Waals surface area contributed by atoms with Crippen LogP contribution >= 0.6 is 11.8 Å². The minimum Gasteiger partial charge on any atom is -0.497 e. The molecule has 142 valence electrons. The first-order valence-electron chi connectivity index (χ1n) is 9.48. The number of aliphatic imine (C=N–C) groups is 1. The molecule has 0 saturated carbocycles. The van der Waals surface area contributed by atoms with Crippen molar-refractivity contribution in [2.24, 2.45) is 4.99 Å². The van der Waals surface area contributed by atoms with Gasteiger partial charge in [-0.3, -0.25) is 9.98 Å². The number of thioether (sulfide) groups is 1. The fourth-order valence-electron chi connectivity index (χ4n) is 4.07. The predicted octanol–water partition coefficient (Wildman–Crippen LogP) is 4.47. The Morgan fingerprint density at radius 2 is 2.04 bits per heavy atom. The van der Waals surface area contributed by atoms with E-state index in [1.807, 2.05) is 42.2 Å². The molecule has 2 aliphatic heterocycles. The first kappa shape index (κ1) is 17.4. The monoisotopic (exact) mass is 390 g/mol. The molecular formula is C22H22N4OS. The van der Waals surface area contributed by atoms with Crippen LogP contribution in [0.2, 0.25) is 0 Å². The van der Waals surface area contributed by atoms with Gasteiger partial charge in [0.15, 0.2) is 5.17 Å². The van der Waals surface area contributed by atoms with E-state index in [4.69, 9.17) is 9.73 Å². The van der Waals surface area contributed by atoms with Gasteiger partial charge in [0.1, 0.15) is 11.8 Å². The molecule has 5 nitrogen and oxygen atoms in total. The number of benzene rings is 1. The Kier molecular flexibility index (Phi) is 4.36. The Balaban J connectivity index is 1.60. The molecular weight excluding hydrogens is 368 g/mol. The highest BCUT2D eigenvalue weighted by atomic mass is 32.2. The first-order chi connectivity index (χ1) is 13.7. The van der Waals surface area contributed by atoms with Crippen molar-refractivity contribution in [3.8, 4) is 11.4 Å². The molecule has 5 rings (SSSR count). The summed E-state index contributed by atoms with van der Waals surface area (Å²) in [5, 5.41) is 1.68. The van der Waals surface area contributed by atoms with Crippen LogP contribution in [0.1, 0.15) is 30.4 Å². The van der Waals surface area contributed by atoms with E-state index < -0.39 is 0 Å². The number of nitrogens with zero attached hydrogens (tertiary/aromatic N) is 4. The van der Waals surface area contributed by atoms with E-state index in [1.54, 1.807) is 7.11 Å². The zero-order valence-electron chi connectivity index (χ0n) is 15.9.